The van der Waals surface area contributed by atoms with Crippen molar-refractivity contribution in [3.8, 4) is 5.75 Å². The lowest BCUT2D eigenvalue weighted by Gasteiger charge is -2.37. The van der Waals surface area contributed by atoms with Crippen LogP contribution in [0.25, 0.3) is 0 Å². The highest BCUT2D eigenvalue weighted by Gasteiger charge is 2.31. The summed E-state index contributed by atoms with van der Waals surface area (Å²) < 4.78 is 5.71. The zero-order valence-corrected chi connectivity index (χ0v) is 16.0. The first-order valence-corrected chi connectivity index (χ1v) is 9.00. The van der Waals surface area contributed by atoms with Crippen LogP contribution in [0.3, 0.4) is 0 Å². The maximum absolute atomic E-state index is 12.7. The van der Waals surface area contributed by atoms with E-state index >= 15 is 0 Å². The average molecular weight is 346 g/mol. The average Bonchev–Trinajstić information content (AvgIpc) is 2.58. The van der Waals surface area contributed by atoms with Gasteiger partial charge in [0.2, 0.25) is 5.91 Å². The Labute approximate surface area is 150 Å². The van der Waals surface area contributed by atoms with E-state index in [0.29, 0.717) is 44.3 Å². The topological polar surface area (TPSA) is 49.9 Å². The SMILES string of the molecule is CC(C)COc1cccc(C(=O)N2CCN(C(=O)C(C)(C)C)CC2)c1. The van der Waals surface area contributed by atoms with Crippen LogP contribution in [-0.4, -0.2) is 54.4 Å². The van der Waals surface area contributed by atoms with Crippen molar-refractivity contribution >= 4 is 11.8 Å². The Morgan fingerprint density at radius 3 is 2.24 bits per heavy atom. The van der Waals surface area contributed by atoms with E-state index < -0.39 is 0 Å². The second kappa shape index (κ2) is 7.89. The molecule has 1 aromatic rings. The van der Waals surface area contributed by atoms with Crippen LogP contribution >= 0.6 is 0 Å². The molecule has 0 spiro atoms. The van der Waals surface area contributed by atoms with Crippen LogP contribution < -0.4 is 4.74 Å². The Bertz CT molecular complexity index is 612. The quantitative estimate of drug-likeness (QED) is 0.842. The van der Waals surface area contributed by atoms with Crippen LogP contribution in [-0.2, 0) is 4.79 Å². The molecule has 1 heterocycles. The van der Waals surface area contributed by atoms with Crippen molar-refractivity contribution in [2.75, 3.05) is 32.8 Å². The smallest absolute Gasteiger partial charge is 0.254 e. The van der Waals surface area contributed by atoms with Gasteiger partial charge in [-0.2, -0.15) is 0 Å². The third-order valence-corrected chi connectivity index (χ3v) is 4.16. The summed E-state index contributed by atoms with van der Waals surface area (Å²) in [5.74, 6) is 1.30. The van der Waals surface area contributed by atoms with Crippen molar-refractivity contribution in [1.82, 2.24) is 9.80 Å². The molecule has 138 valence electrons. The van der Waals surface area contributed by atoms with Crippen molar-refractivity contribution < 1.29 is 14.3 Å². The Hall–Kier alpha value is -2.04. The second-order valence-electron chi connectivity index (χ2n) is 8.07. The molecule has 0 aromatic heterocycles. The number of carbonyl (C=O) groups excluding carboxylic acids is 2. The summed E-state index contributed by atoms with van der Waals surface area (Å²) in [4.78, 5) is 28.7. The fourth-order valence-electron chi connectivity index (χ4n) is 2.75. The minimum Gasteiger partial charge on any atom is -0.493 e. The standard InChI is InChI=1S/C20H30N2O3/c1-15(2)14-25-17-8-6-7-16(13-17)18(23)21-9-11-22(12-10-21)19(24)20(3,4)5/h6-8,13,15H,9-12,14H2,1-5H3. The summed E-state index contributed by atoms with van der Waals surface area (Å²) >= 11 is 0. The van der Waals surface area contributed by atoms with Gasteiger partial charge in [-0.1, -0.05) is 40.7 Å². The van der Waals surface area contributed by atoms with Crippen molar-refractivity contribution in [1.29, 1.82) is 0 Å². The van der Waals surface area contributed by atoms with E-state index in [-0.39, 0.29) is 17.2 Å². The molecular formula is C20H30N2O3. The molecule has 0 aliphatic carbocycles. The third kappa shape index (κ3) is 5.21. The molecule has 1 aliphatic heterocycles. The first kappa shape index (κ1) is 19.3. The summed E-state index contributed by atoms with van der Waals surface area (Å²) in [7, 11) is 0. The molecule has 2 amide bonds. The minimum atomic E-state index is -0.381. The van der Waals surface area contributed by atoms with Gasteiger partial charge in [0.15, 0.2) is 0 Å². The lowest BCUT2D eigenvalue weighted by Crippen LogP contribution is -2.53. The van der Waals surface area contributed by atoms with Crippen LogP contribution in [0.1, 0.15) is 45.0 Å². The van der Waals surface area contributed by atoms with Crippen molar-refractivity contribution in [2.45, 2.75) is 34.6 Å². The molecule has 5 heteroatoms. The van der Waals surface area contributed by atoms with E-state index in [9.17, 15) is 9.59 Å². The Balaban J connectivity index is 1.96. The monoisotopic (exact) mass is 346 g/mol. The van der Waals surface area contributed by atoms with E-state index in [2.05, 4.69) is 13.8 Å². The number of piperazine rings is 1. The third-order valence-electron chi connectivity index (χ3n) is 4.16. The fourth-order valence-corrected chi connectivity index (χ4v) is 2.75. The highest BCUT2D eigenvalue weighted by Crippen LogP contribution is 2.20. The van der Waals surface area contributed by atoms with E-state index in [1.54, 1.807) is 6.07 Å². The van der Waals surface area contributed by atoms with Gasteiger partial charge in [-0.05, 0) is 24.1 Å². The van der Waals surface area contributed by atoms with E-state index in [1.807, 2.05) is 48.8 Å². The maximum Gasteiger partial charge on any atom is 0.254 e. The van der Waals surface area contributed by atoms with Gasteiger partial charge in [0.25, 0.3) is 5.91 Å². The zero-order chi connectivity index (χ0) is 18.6. The van der Waals surface area contributed by atoms with Gasteiger partial charge >= 0.3 is 0 Å². The number of hydrogen-bond donors (Lipinski definition) is 0. The van der Waals surface area contributed by atoms with Crippen molar-refractivity contribution in [3.63, 3.8) is 0 Å². The second-order valence-corrected chi connectivity index (χ2v) is 8.07. The van der Waals surface area contributed by atoms with E-state index in [0.717, 1.165) is 5.75 Å². The molecule has 0 N–H and O–H groups in total. The van der Waals surface area contributed by atoms with Gasteiger partial charge < -0.3 is 14.5 Å². The fraction of sp³-hybridized carbons (Fsp3) is 0.600. The largest absolute Gasteiger partial charge is 0.493 e. The van der Waals surface area contributed by atoms with Crippen LogP contribution in [0, 0.1) is 11.3 Å². The molecule has 0 saturated carbocycles. The van der Waals surface area contributed by atoms with Gasteiger partial charge in [-0.25, -0.2) is 0 Å². The first-order valence-electron chi connectivity index (χ1n) is 9.00. The Morgan fingerprint density at radius 2 is 1.68 bits per heavy atom. The van der Waals surface area contributed by atoms with Crippen LogP contribution in [0.15, 0.2) is 24.3 Å². The van der Waals surface area contributed by atoms with Gasteiger partial charge in [0, 0.05) is 37.2 Å². The molecular weight excluding hydrogens is 316 g/mol. The lowest BCUT2D eigenvalue weighted by atomic mass is 9.94. The number of amides is 2. The molecule has 1 saturated heterocycles. The molecule has 1 aliphatic rings. The minimum absolute atomic E-state index is 0.00199. The number of benzene rings is 1. The number of hydrogen-bond acceptors (Lipinski definition) is 3. The normalized spacial score (nSPS) is 15.4. The van der Waals surface area contributed by atoms with Crippen LogP contribution in [0.4, 0.5) is 0 Å². The molecule has 0 bridgehead atoms. The summed E-state index contributed by atoms with van der Waals surface area (Å²) in [5, 5.41) is 0. The molecule has 5 nitrogen and oxygen atoms in total. The van der Waals surface area contributed by atoms with Crippen LogP contribution in [0.5, 0.6) is 5.75 Å². The summed E-state index contributed by atoms with van der Waals surface area (Å²) in [5.41, 5.74) is 0.255. The maximum atomic E-state index is 12.7. The molecule has 0 unspecified atom stereocenters. The molecule has 1 aromatic carbocycles. The molecule has 1 fully saturated rings. The summed E-state index contributed by atoms with van der Waals surface area (Å²) in [6, 6.07) is 7.34. The number of rotatable bonds is 4. The summed E-state index contributed by atoms with van der Waals surface area (Å²) in [6.07, 6.45) is 0. The predicted molar refractivity (Wildman–Crippen MR) is 98.7 cm³/mol. The molecule has 25 heavy (non-hydrogen) atoms. The molecule has 0 atom stereocenters. The lowest BCUT2D eigenvalue weighted by molar-refractivity contribution is -0.140. The highest BCUT2D eigenvalue weighted by atomic mass is 16.5. The Kier molecular flexibility index (Phi) is 6.09. The molecule has 2 rings (SSSR count). The predicted octanol–water partition coefficient (Wildman–Crippen LogP) is 3.05. The van der Waals surface area contributed by atoms with Crippen molar-refractivity contribution in [2.24, 2.45) is 11.3 Å². The van der Waals surface area contributed by atoms with E-state index in [1.165, 1.54) is 0 Å². The van der Waals surface area contributed by atoms with Crippen molar-refractivity contribution in [3.05, 3.63) is 29.8 Å². The number of ether oxygens (including phenoxy) is 1. The Morgan fingerprint density at radius 1 is 1.08 bits per heavy atom. The number of carbonyl (C=O) groups is 2. The first-order chi connectivity index (χ1) is 11.7. The van der Waals surface area contributed by atoms with Gasteiger partial charge in [0.1, 0.15) is 5.75 Å². The zero-order valence-electron chi connectivity index (χ0n) is 16.0. The van der Waals surface area contributed by atoms with Gasteiger partial charge in [-0.15, -0.1) is 0 Å². The molecule has 0 radical (unpaired) electrons. The van der Waals surface area contributed by atoms with Gasteiger partial charge in [-0.3, -0.25) is 9.59 Å². The van der Waals surface area contributed by atoms with Crippen LogP contribution in [0.2, 0.25) is 0 Å². The highest BCUT2D eigenvalue weighted by molar-refractivity contribution is 5.94. The van der Waals surface area contributed by atoms with Gasteiger partial charge in [0.05, 0.1) is 6.61 Å². The van der Waals surface area contributed by atoms with E-state index in [4.69, 9.17) is 4.74 Å². The summed E-state index contributed by atoms with van der Waals surface area (Å²) in [6.45, 7) is 12.9. The number of nitrogens with zero attached hydrogens (tertiary/aromatic N) is 2.